The first-order chi connectivity index (χ1) is 16.2. The lowest BCUT2D eigenvalue weighted by atomic mass is 10.0. The van der Waals surface area contributed by atoms with Gasteiger partial charge in [-0.1, -0.05) is 54.6 Å². The van der Waals surface area contributed by atoms with Crippen LogP contribution >= 0.6 is 0 Å². The average Bonchev–Trinajstić information content (AvgIpc) is 3.67. The van der Waals surface area contributed by atoms with Gasteiger partial charge in [0.05, 0.1) is 12.5 Å². The van der Waals surface area contributed by atoms with Gasteiger partial charge in [0.15, 0.2) is 0 Å². The number of carbonyl (C=O) groups is 2. The van der Waals surface area contributed by atoms with Crippen molar-refractivity contribution < 1.29 is 9.59 Å². The molecule has 0 radical (unpaired) electrons. The van der Waals surface area contributed by atoms with Gasteiger partial charge in [0, 0.05) is 52.4 Å². The largest absolute Gasteiger partial charge is 0.353 e. The standard InChI is InChI=1S/C27H34N4O2/c32-26(30-16-14-29(15-17-30)19-21-6-7-21)18-25-27(33)28-12-13-31(25)20-22-8-10-24(11-9-22)23-4-2-1-3-5-23/h1-5,8-11,21,25H,6-7,12-20H2,(H,28,33). The van der Waals surface area contributed by atoms with Crippen molar-refractivity contribution in [2.75, 3.05) is 45.8 Å². The van der Waals surface area contributed by atoms with Crippen molar-refractivity contribution >= 4 is 11.8 Å². The summed E-state index contributed by atoms with van der Waals surface area (Å²) in [7, 11) is 0. The maximum Gasteiger partial charge on any atom is 0.237 e. The minimum Gasteiger partial charge on any atom is -0.353 e. The Morgan fingerprint density at radius 1 is 0.879 bits per heavy atom. The molecule has 174 valence electrons. The van der Waals surface area contributed by atoms with E-state index in [2.05, 4.69) is 51.5 Å². The summed E-state index contributed by atoms with van der Waals surface area (Å²) in [5, 5.41) is 2.96. The number of hydrogen-bond acceptors (Lipinski definition) is 4. The fourth-order valence-corrected chi connectivity index (χ4v) is 4.98. The highest BCUT2D eigenvalue weighted by atomic mass is 16.2. The fourth-order valence-electron chi connectivity index (χ4n) is 4.98. The highest BCUT2D eigenvalue weighted by Gasteiger charge is 2.34. The number of rotatable bonds is 7. The third-order valence-corrected chi connectivity index (χ3v) is 7.19. The van der Waals surface area contributed by atoms with E-state index in [0.29, 0.717) is 13.1 Å². The lowest BCUT2D eigenvalue weighted by Gasteiger charge is -2.38. The highest BCUT2D eigenvalue weighted by molar-refractivity contribution is 5.89. The third-order valence-electron chi connectivity index (χ3n) is 7.19. The summed E-state index contributed by atoms with van der Waals surface area (Å²) < 4.78 is 0. The molecule has 3 aliphatic rings. The second kappa shape index (κ2) is 10.1. The van der Waals surface area contributed by atoms with E-state index in [9.17, 15) is 9.59 Å². The summed E-state index contributed by atoms with van der Waals surface area (Å²) in [5.74, 6) is 0.962. The molecule has 0 bridgehead atoms. The number of amides is 2. The summed E-state index contributed by atoms with van der Waals surface area (Å²) >= 11 is 0. The zero-order chi connectivity index (χ0) is 22.6. The minimum atomic E-state index is -0.399. The molecule has 0 spiro atoms. The Bertz CT molecular complexity index is 950. The predicted octanol–water partition coefficient (Wildman–Crippen LogP) is 2.60. The van der Waals surface area contributed by atoms with Crippen molar-refractivity contribution in [2.24, 2.45) is 5.92 Å². The van der Waals surface area contributed by atoms with E-state index < -0.39 is 6.04 Å². The van der Waals surface area contributed by atoms with E-state index in [1.807, 2.05) is 23.1 Å². The van der Waals surface area contributed by atoms with Crippen molar-refractivity contribution in [3.05, 3.63) is 60.2 Å². The smallest absolute Gasteiger partial charge is 0.237 e. The van der Waals surface area contributed by atoms with Crippen LogP contribution in [-0.2, 0) is 16.1 Å². The van der Waals surface area contributed by atoms with Crippen molar-refractivity contribution in [1.29, 1.82) is 0 Å². The van der Waals surface area contributed by atoms with Crippen LogP contribution in [0.2, 0.25) is 0 Å². The van der Waals surface area contributed by atoms with Gasteiger partial charge in [0.2, 0.25) is 11.8 Å². The van der Waals surface area contributed by atoms with Gasteiger partial charge in [0.25, 0.3) is 0 Å². The molecule has 1 N–H and O–H groups in total. The first kappa shape index (κ1) is 22.1. The molecule has 33 heavy (non-hydrogen) atoms. The van der Waals surface area contributed by atoms with Gasteiger partial charge in [-0.2, -0.15) is 0 Å². The predicted molar refractivity (Wildman–Crippen MR) is 129 cm³/mol. The second-order valence-electron chi connectivity index (χ2n) is 9.67. The Labute approximate surface area is 196 Å². The van der Waals surface area contributed by atoms with Gasteiger partial charge in [-0.3, -0.25) is 19.4 Å². The topological polar surface area (TPSA) is 55.9 Å². The molecule has 5 rings (SSSR count). The summed E-state index contributed by atoms with van der Waals surface area (Å²) in [6.07, 6.45) is 2.98. The minimum absolute atomic E-state index is 0.0251. The summed E-state index contributed by atoms with van der Waals surface area (Å²) in [4.78, 5) is 32.4. The van der Waals surface area contributed by atoms with E-state index in [1.165, 1.54) is 30.5 Å². The fraction of sp³-hybridized carbons (Fsp3) is 0.481. The quantitative estimate of drug-likeness (QED) is 0.710. The maximum atomic E-state index is 13.1. The Morgan fingerprint density at radius 3 is 2.27 bits per heavy atom. The van der Waals surface area contributed by atoms with Gasteiger partial charge in [-0.15, -0.1) is 0 Å². The van der Waals surface area contributed by atoms with E-state index >= 15 is 0 Å². The molecular weight excluding hydrogens is 412 g/mol. The van der Waals surface area contributed by atoms with Crippen LogP contribution in [0, 0.1) is 5.92 Å². The number of piperazine rings is 2. The maximum absolute atomic E-state index is 13.1. The number of nitrogens with one attached hydrogen (secondary N) is 1. The normalized spacial score (nSPS) is 22.2. The van der Waals surface area contributed by atoms with Crippen LogP contribution in [0.1, 0.15) is 24.8 Å². The summed E-state index contributed by atoms with van der Waals surface area (Å²) in [5.41, 5.74) is 3.54. The van der Waals surface area contributed by atoms with Crippen LogP contribution in [-0.4, -0.2) is 78.4 Å². The van der Waals surface area contributed by atoms with Crippen molar-refractivity contribution in [3.63, 3.8) is 0 Å². The molecule has 6 nitrogen and oxygen atoms in total. The lowest BCUT2D eigenvalue weighted by Crippen LogP contribution is -2.57. The Hall–Kier alpha value is -2.70. The van der Waals surface area contributed by atoms with Crippen LogP contribution in [0.3, 0.4) is 0 Å². The molecule has 3 fully saturated rings. The lowest BCUT2D eigenvalue weighted by molar-refractivity contribution is -0.140. The van der Waals surface area contributed by atoms with E-state index in [1.54, 1.807) is 0 Å². The van der Waals surface area contributed by atoms with E-state index in [4.69, 9.17) is 0 Å². The number of carbonyl (C=O) groups excluding carboxylic acids is 2. The van der Waals surface area contributed by atoms with E-state index in [-0.39, 0.29) is 18.2 Å². The zero-order valence-electron chi connectivity index (χ0n) is 19.3. The molecule has 0 aromatic heterocycles. The molecule has 6 heteroatoms. The highest BCUT2D eigenvalue weighted by Crippen LogP contribution is 2.30. The van der Waals surface area contributed by atoms with Crippen LogP contribution in [0.4, 0.5) is 0 Å². The van der Waals surface area contributed by atoms with Crippen LogP contribution in [0.5, 0.6) is 0 Å². The Kier molecular flexibility index (Phi) is 6.74. The molecule has 2 amide bonds. The summed E-state index contributed by atoms with van der Waals surface area (Å²) in [6.45, 7) is 6.72. The average molecular weight is 447 g/mol. The summed E-state index contributed by atoms with van der Waals surface area (Å²) in [6, 6.07) is 18.5. The molecule has 2 saturated heterocycles. The number of benzene rings is 2. The first-order valence-corrected chi connectivity index (χ1v) is 12.3. The van der Waals surface area contributed by atoms with Crippen LogP contribution in [0.25, 0.3) is 11.1 Å². The van der Waals surface area contributed by atoms with Crippen LogP contribution in [0.15, 0.2) is 54.6 Å². The van der Waals surface area contributed by atoms with Gasteiger partial charge in [-0.25, -0.2) is 0 Å². The molecule has 1 saturated carbocycles. The number of nitrogens with zero attached hydrogens (tertiary/aromatic N) is 3. The van der Waals surface area contributed by atoms with Crippen molar-refractivity contribution in [2.45, 2.75) is 31.8 Å². The SMILES string of the molecule is O=C1NCCN(Cc2ccc(-c3ccccc3)cc2)C1CC(=O)N1CCN(CC2CC2)CC1. The Balaban J connectivity index is 1.18. The van der Waals surface area contributed by atoms with Gasteiger partial charge in [0.1, 0.15) is 0 Å². The monoisotopic (exact) mass is 446 g/mol. The second-order valence-corrected chi connectivity index (χ2v) is 9.67. The van der Waals surface area contributed by atoms with Gasteiger partial charge < -0.3 is 10.2 Å². The molecular formula is C27H34N4O2. The zero-order valence-corrected chi connectivity index (χ0v) is 19.3. The molecule has 2 heterocycles. The van der Waals surface area contributed by atoms with E-state index in [0.717, 1.165) is 44.2 Å². The van der Waals surface area contributed by atoms with Crippen molar-refractivity contribution in [3.8, 4) is 11.1 Å². The molecule has 1 unspecified atom stereocenters. The third kappa shape index (κ3) is 5.63. The molecule has 2 aromatic carbocycles. The van der Waals surface area contributed by atoms with Crippen molar-refractivity contribution in [1.82, 2.24) is 20.0 Å². The molecule has 2 aliphatic heterocycles. The van der Waals surface area contributed by atoms with Crippen LogP contribution < -0.4 is 5.32 Å². The molecule has 1 atom stereocenters. The molecule has 2 aromatic rings. The van der Waals surface area contributed by atoms with Gasteiger partial charge >= 0.3 is 0 Å². The Morgan fingerprint density at radius 2 is 1.58 bits per heavy atom. The molecule has 1 aliphatic carbocycles. The van der Waals surface area contributed by atoms with Gasteiger partial charge in [-0.05, 0) is 35.4 Å². The number of hydrogen-bond donors (Lipinski definition) is 1. The first-order valence-electron chi connectivity index (χ1n) is 12.3.